The molecule has 3 aromatic carbocycles. The van der Waals surface area contributed by atoms with Crippen LogP contribution in [-0.4, -0.2) is 50.5 Å². The Kier molecular flexibility index (Phi) is 12.7. The number of nitrogens with one attached hydrogen (secondary N) is 1. The number of hydrogen-bond acceptors (Lipinski definition) is 4. The maximum atomic E-state index is 13.9. The van der Waals surface area contributed by atoms with E-state index in [-0.39, 0.29) is 37.7 Å². The molecule has 3 rings (SSSR count). The van der Waals surface area contributed by atoms with Crippen LogP contribution in [0.4, 0.5) is 5.69 Å². The van der Waals surface area contributed by atoms with Gasteiger partial charge in [-0.15, -0.1) is 0 Å². The van der Waals surface area contributed by atoms with Crippen molar-refractivity contribution in [2.24, 2.45) is 0 Å². The first-order valence-corrected chi connectivity index (χ1v) is 16.8. The lowest BCUT2D eigenvalue weighted by Gasteiger charge is -2.32. The van der Waals surface area contributed by atoms with Gasteiger partial charge < -0.3 is 10.2 Å². The monoisotopic (exact) mass is 631 g/mol. The summed E-state index contributed by atoms with van der Waals surface area (Å²) in [5.41, 5.74) is 3.22. The number of aryl methyl sites for hydroxylation is 1. The fourth-order valence-corrected chi connectivity index (χ4v) is 6.09. The van der Waals surface area contributed by atoms with E-state index in [9.17, 15) is 18.0 Å². The second-order valence-electron chi connectivity index (χ2n) is 10.2. The molecule has 0 saturated carbocycles. The van der Waals surface area contributed by atoms with Crippen LogP contribution in [0.1, 0.15) is 49.8 Å². The van der Waals surface area contributed by atoms with Crippen molar-refractivity contribution in [1.82, 2.24) is 10.2 Å². The number of nitrogens with zero attached hydrogens (tertiary/aromatic N) is 2. The third-order valence-electron chi connectivity index (χ3n) is 6.96. The molecule has 7 nitrogen and oxygen atoms in total. The Morgan fingerprint density at radius 1 is 0.929 bits per heavy atom. The number of halogens is 2. The van der Waals surface area contributed by atoms with Crippen LogP contribution in [0.5, 0.6) is 0 Å². The van der Waals surface area contributed by atoms with Gasteiger partial charge in [0.2, 0.25) is 21.8 Å². The van der Waals surface area contributed by atoms with E-state index < -0.39 is 16.1 Å². The fourth-order valence-electron chi connectivity index (χ4n) is 4.66. The number of sulfonamides is 1. The lowest BCUT2D eigenvalue weighted by atomic mass is 10.0. The Labute approximate surface area is 259 Å². The summed E-state index contributed by atoms with van der Waals surface area (Å²) in [6, 6.07) is 21.2. The molecule has 0 heterocycles. The molecule has 1 N–H and O–H groups in total. The smallest absolute Gasteiger partial charge is 0.243 e. The lowest BCUT2D eigenvalue weighted by molar-refractivity contribution is -0.141. The fraction of sp³-hybridized carbons (Fsp3) is 0.375. The zero-order valence-electron chi connectivity index (χ0n) is 24.4. The summed E-state index contributed by atoms with van der Waals surface area (Å²) in [6.07, 6.45) is 3.37. The van der Waals surface area contributed by atoms with Crippen molar-refractivity contribution in [3.63, 3.8) is 0 Å². The molecular weight excluding hydrogens is 593 g/mol. The third kappa shape index (κ3) is 9.75. The second-order valence-corrected chi connectivity index (χ2v) is 13.0. The molecule has 3 aromatic rings. The summed E-state index contributed by atoms with van der Waals surface area (Å²) >= 11 is 12.6. The zero-order chi connectivity index (χ0) is 30.7. The minimum absolute atomic E-state index is 0.0383. The van der Waals surface area contributed by atoms with Crippen LogP contribution < -0.4 is 9.62 Å². The van der Waals surface area contributed by atoms with Crippen LogP contribution >= 0.6 is 23.2 Å². The minimum Gasteiger partial charge on any atom is -0.354 e. The number of benzene rings is 3. The molecule has 2 amide bonds. The van der Waals surface area contributed by atoms with Gasteiger partial charge in [0.15, 0.2) is 0 Å². The van der Waals surface area contributed by atoms with Crippen molar-refractivity contribution in [2.75, 3.05) is 23.7 Å². The molecule has 0 aromatic heterocycles. The lowest BCUT2D eigenvalue weighted by Crippen LogP contribution is -2.50. The molecule has 0 fully saturated rings. The molecule has 0 aliphatic heterocycles. The number of hydrogen-bond donors (Lipinski definition) is 1. The van der Waals surface area contributed by atoms with E-state index in [0.29, 0.717) is 34.3 Å². The Morgan fingerprint density at radius 3 is 2.21 bits per heavy atom. The van der Waals surface area contributed by atoms with Crippen molar-refractivity contribution in [1.29, 1.82) is 0 Å². The van der Waals surface area contributed by atoms with Crippen LogP contribution in [-0.2, 0) is 39.0 Å². The maximum Gasteiger partial charge on any atom is 0.243 e. The summed E-state index contributed by atoms with van der Waals surface area (Å²) in [5, 5.41) is 3.81. The molecule has 42 heavy (non-hydrogen) atoms. The molecule has 226 valence electrons. The Bertz CT molecular complexity index is 1430. The van der Waals surface area contributed by atoms with Crippen LogP contribution in [0.3, 0.4) is 0 Å². The highest BCUT2D eigenvalue weighted by atomic mass is 35.5. The van der Waals surface area contributed by atoms with E-state index in [1.54, 1.807) is 35.2 Å². The summed E-state index contributed by atoms with van der Waals surface area (Å²) in [5.74, 6) is -0.531. The van der Waals surface area contributed by atoms with Crippen molar-refractivity contribution in [3.8, 4) is 0 Å². The molecule has 1 unspecified atom stereocenters. The standard InChI is InChI=1S/C32H39Cl2N3O4S/c1-4-19-35-32(39)30(21-25-10-7-6-8-11-25)36(23-26-15-16-27(33)22-29(26)34)31(38)12-9-20-37(42(3,40)41)28-17-13-24(5-2)14-18-28/h6-8,10-11,13-18,22,30H,4-5,9,12,19-21,23H2,1-3H3,(H,35,39). The van der Waals surface area contributed by atoms with E-state index in [1.807, 2.05) is 56.3 Å². The van der Waals surface area contributed by atoms with Gasteiger partial charge in [-0.25, -0.2) is 8.42 Å². The van der Waals surface area contributed by atoms with E-state index in [4.69, 9.17) is 23.2 Å². The quantitative estimate of drug-likeness (QED) is 0.214. The summed E-state index contributed by atoms with van der Waals surface area (Å²) in [6.45, 7) is 4.70. The first-order valence-electron chi connectivity index (χ1n) is 14.1. The number of carbonyl (C=O) groups excluding carboxylic acids is 2. The Morgan fingerprint density at radius 2 is 1.62 bits per heavy atom. The number of rotatable bonds is 15. The Hall–Kier alpha value is -3.07. The van der Waals surface area contributed by atoms with Gasteiger partial charge in [-0.2, -0.15) is 0 Å². The number of amides is 2. The predicted molar refractivity (Wildman–Crippen MR) is 171 cm³/mol. The average Bonchev–Trinajstić information content (AvgIpc) is 2.96. The van der Waals surface area contributed by atoms with Gasteiger partial charge in [-0.3, -0.25) is 13.9 Å². The van der Waals surface area contributed by atoms with Gasteiger partial charge in [0.1, 0.15) is 6.04 Å². The van der Waals surface area contributed by atoms with Gasteiger partial charge in [-0.05, 0) is 60.2 Å². The zero-order valence-corrected chi connectivity index (χ0v) is 26.7. The van der Waals surface area contributed by atoms with Gasteiger partial charge in [0, 0.05) is 42.5 Å². The van der Waals surface area contributed by atoms with Gasteiger partial charge in [0.05, 0.1) is 11.9 Å². The summed E-state index contributed by atoms with van der Waals surface area (Å²) < 4.78 is 26.6. The minimum atomic E-state index is -3.58. The molecule has 0 bridgehead atoms. The second kappa shape index (κ2) is 16.0. The molecule has 1 atom stereocenters. The summed E-state index contributed by atoms with van der Waals surface area (Å²) in [7, 11) is -3.58. The highest BCUT2D eigenvalue weighted by molar-refractivity contribution is 7.92. The SMILES string of the molecule is CCCNC(=O)C(Cc1ccccc1)N(Cc1ccc(Cl)cc1Cl)C(=O)CCCN(c1ccc(CC)cc1)S(C)(=O)=O. The molecule has 0 saturated heterocycles. The topological polar surface area (TPSA) is 86.8 Å². The van der Waals surface area contributed by atoms with E-state index >= 15 is 0 Å². The van der Waals surface area contributed by atoms with Crippen molar-refractivity contribution < 1.29 is 18.0 Å². The number of carbonyl (C=O) groups is 2. The van der Waals surface area contributed by atoms with Crippen molar-refractivity contribution in [3.05, 3.63) is 99.5 Å². The van der Waals surface area contributed by atoms with Crippen molar-refractivity contribution in [2.45, 2.75) is 58.5 Å². The predicted octanol–water partition coefficient (Wildman–Crippen LogP) is 6.27. The average molecular weight is 633 g/mol. The van der Waals surface area contributed by atoms with E-state index in [0.717, 1.165) is 30.2 Å². The number of anilines is 1. The Balaban J connectivity index is 1.89. The first kappa shape index (κ1) is 33.4. The van der Waals surface area contributed by atoms with Crippen LogP contribution in [0.15, 0.2) is 72.8 Å². The summed E-state index contributed by atoms with van der Waals surface area (Å²) in [4.78, 5) is 28.9. The molecule has 0 aliphatic carbocycles. The molecule has 0 radical (unpaired) electrons. The van der Waals surface area contributed by atoms with Gasteiger partial charge in [-0.1, -0.05) is 85.6 Å². The molecule has 0 spiro atoms. The highest BCUT2D eigenvalue weighted by Crippen LogP contribution is 2.25. The maximum absolute atomic E-state index is 13.9. The van der Waals surface area contributed by atoms with Gasteiger partial charge in [0.25, 0.3) is 0 Å². The molecule has 10 heteroatoms. The highest BCUT2D eigenvalue weighted by Gasteiger charge is 2.31. The molecule has 0 aliphatic rings. The van der Waals surface area contributed by atoms with Crippen LogP contribution in [0, 0.1) is 0 Å². The first-order chi connectivity index (χ1) is 20.0. The third-order valence-corrected chi connectivity index (χ3v) is 8.74. The molecular formula is C32H39Cl2N3O4S. The van der Waals surface area contributed by atoms with Crippen molar-refractivity contribution >= 4 is 50.7 Å². The van der Waals surface area contributed by atoms with Crippen LogP contribution in [0.2, 0.25) is 10.0 Å². The van der Waals surface area contributed by atoms with Gasteiger partial charge >= 0.3 is 0 Å². The largest absolute Gasteiger partial charge is 0.354 e. The van der Waals surface area contributed by atoms with E-state index in [1.165, 1.54) is 4.31 Å². The normalized spacial score (nSPS) is 12.0. The van der Waals surface area contributed by atoms with Crippen LogP contribution in [0.25, 0.3) is 0 Å². The van der Waals surface area contributed by atoms with E-state index in [2.05, 4.69) is 5.32 Å².